The number of hydrogen-bond donors (Lipinski definition) is 0. The second-order valence-electron chi connectivity index (χ2n) is 7.61. The van der Waals surface area contributed by atoms with Gasteiger partial charge < -0.3 is 14.4 Å². The van der Waals surface area contributed by atoms with Crippen molar-refractivity contribution in [2.45, 2.75) is 45.3 Å². The largest absolute Gasteiger partial charge is 0.488 e. The Morgan fingerprint density at radius 1 is 1.26 bits per heavy atom. The third-order valence-corrected chi connectivity index (χ3v) is 4.71. The standard InChI is InChI=1S/C20H23BrN2O4/c1-20(2,3)27-19(25)23-8-6-16(7-9-23)26-17-11-14(21)10-13-4-5-15(12-24)22-18(13)17/h4-5,10-12,16H,6-9H2,1-3H3. The molecule has 0 aliphatic carbocycles. The minimum atomic E-state index is -0.498. The summed E-state index contributed by atoms with van der Waals surface area (Å²) in [6.45, 7) is 6.75. The van der Waals surface area contributed by atoms with Gasteiger partial charge >= 0.3 is 6.09 Å². The van der Waals surface area contributed by atoms with E-state index in [1.165, 1.54) is 0 Å². The fourth-order valence-corrected chi connectivity index (χ4v) is 3.45. The van der Waals surface area contributed by atoms with E-state index in [0.29, 0.717) is 42.9 Å². The summed E-state index contributed by atoms with van der Waals surface area (Å²) in [6.07, 6.45) is 1.83. The third-order valence-electron chi connectivity index (χ3n) is 4.25. The molecule has 27 heavy (non-hydrogen) atoms. The van der Waals surface area contributed by atoms with Gasteiger partial charge in [0, 0.05) is 35.8 Å². The van der Waals surface area contributed by atoms with Gasteiger partial charge in [0.05, 0.1) is 0 Å². The zero-order valence-corrected chi connectivity index (χ0v) is 17.3. The molecule has 1 amide bonds. The number of piperidine rings is 1. The summed E-state index contributed by atoms with van der Waals surface area (Å²) >= 11 is 3.49. The zero-order chi connectivity index (χ0) is 19.6. The molecule has 3 rings (SSSR count). The van der Waals surface area contributed by atoms with Crippen LogP contribution in [0.15, 0.2) is 28.7 Å². The maximum Gasteiger partial charge on any atom is 0.410 e. The molecule has 1 aromatic carbocycles. The Labute approximate surface area is 167 Å². The van der Waals surface area contributed by atoms with E-state index in [4.69, 9.17) is 9.47 Å². The average molecular weight is 435 g/mol. The van der Waals surface area contributed by atoms with Gasteiger partial charge in [-0.15, -0.1) is 0 Å². The monoisotopic (exact) mass is 434 g/mol. The van der Waals surface area contributed by atoms with Crippen LogP contribution in [0.4, 0.5) is 4.79 Å². The van der Waals surface area contributed by atoms with Crippen LogP contribution in [0.2, 0.25) is 0 Å². The smallest absolute Gasteiger partial charge is 0.410 e. The summed E-state index contributed by atoms with van der Waals surface area (Å²) in [5.41, 5.74) is 0.536. The van der Waals surface area contributed by atoms with Gasteiger partial charge in [-0.1, -0.05) is 22.0 Å². The number of nitrogens with zero attached hydrogens (tertiary/aromatic N) is 2. The maximum absolute atomic E-state index is 12.2. The number of aldehydes is 1. The lowest BCUT2D eigenvalue weighted by Crippen LogP contribution is -2.44. The highest BCUT2D eigenvalue weighted by molar-refractivity contribution is 9.10. The van der Waals surface area contributed by atoms with Crippen molar-refractivity contribution < 1.29 is 19.1 Å². The molecule has 2 aromatic rings. The number of rotatable bonds is 3. The topological polar surface area (TPSA) is 68.7 Å². The summed E-state index contributed by atoms with van der Waals surface area (Å²) in [7, 11) is 0. The molecule has 0 saturated carbocycles. The van der Waals surface area contributed by atoms with Crippen LogP contribution in [0.1, 0.15) is 44.1 Å². The van der Waals surface area contributed by atoms with Gasteiger partial charge in [0.25, 0.3) is 0 Å². The number of ether oxygens (including phenoxy) is 2. The number of hydrogen-bond acceptors (Lipinski definition) is 5. The number of benzene rings is 1. The van der Waals surface area contributed by atoms with Crippen molar-refractivity contribution in [1.82, 2.24) is 9.88 Å². The van der Waals surface area contributed by atoms with E-state index >= 15 is 0 Å². The van der Waals surface area contributed by atoms with E-state index in [1.54, 1.807) is 11.0 Å². The van der Waals surface area contributed by atoms with Gasteiger partial charge in [-0.3, -0.25) is 4.79 Å². The molecule has 6 nitrogen and oxygen atoms in total. The molecule has 0 unspecified atom stereocenters. The highest BCUT2D eigenvalue weighted by Gasteiger charge is 2.28. The molecule has 1 aliphatic rings. The second-order valence-corrected chi connectivity index (χ2v) is 8.53. The molecule has 1 saturated heterocycles. The van der Waals surface area contributed by atoms with E-state index in [9.17, 15) is 9.59 Å². The molecule has 2 heterocycles. The van der Waals surface area contributed by atoms with Gasteiger partial charge in [0.15, 0.2) is 6.29 Å². The van der Waals surface area contributed by atoms with E-state index in [0.717, 1.165) is 16.1 Å². The normalized spacial score (nSPS) is 15.6. The molecule has 1 aromatic heterocycles. The minimum Gasteiger partial charge on any atom is -0.488 e. The summed E-state index contributed by atoms with van der Waals surface area (Å²) < 4.78 is 12.5. The lowest BCUT2D eigenvalue weighted by molar-refractivity contribution is 0.0127. The molecule has 1 aliphatic heterocycles. The summed E-state index contributed by atoms with van der Waals surface area (Å²) in [5.74, 6) is 0.638. The first-order valence-corrected chi connectivity index (χ1v) is 9.74. The van der Waals surface area contributed by atoms with Gasteiger partial charge in [-0.05, 0) is 39.0 Å². The molecule has 0 radical (unpaired) electrons. The third kappa shape index (κ3) is 4.97. The predicted octanol–water partition coefficient (Wildman–Crippen LogP) is 4.59. The van der Waals surface area contributed by atoms with E-state index in [1.807, 2.05) is 39.0 Å². The minimum absolute atomic E-state index is 0.0251. The number of carbonyl (C=O) groups is 2. The van der Waals surface area contributed by atoms with E-state index < -0.39 is 5.60 Å². The van der Waals surface area contributed by atoms with Crippen LogP contribution >= 0.6 is 15.9 Å². The lowest BCUT2D eigenvalue weighted by Gasteiger charge is -2.33. The van der Waals surface area contributed by atoms with Gasteiger partial charge in [-0.25, -0.2) is 9.78 Å². The van der Waals surface area contributed by atoms with Crippen molar-refractivity contribution >= 4 is 39.2 Å². The van der Waals surface area contributed by atoms with Crippen LogP contribution in [-0.4, -0.2) is 47.1 Å². The fraction of sp³-hybridized carbons (Fsp3) is 0.450. The molecule has 1 fully saturated rings. The Morgan fingerprint density at radius 3 is 2.59 bits per heavy atom. The number of fused-ring (bicyclic) bond motifs is 1. The van der Waals surface area contributed by atoms with Gasteiger partial charge in [0.2, 0.25) is 0 Å². The number of aromatic nitrogens is 1. The Morgan fingerprint density at radius 2 is 1.96 bits per heavy atom. The molecular weight excluding hydrogens is 412 g/mol. The van der Waals surface area contributed by atoms with Crippen molar-refractivity contribution in [3.05, 3.63) is 34.4 Å². The predicted molar refractivity (Wildman–Crippen MR) is 106 cm³/mol. The second kappa shape index (κ2) is 7.84. The van der Waals surface area contributed by atoms with Crippen LogP contribution < -0.4 is 4.74 Å². The fourth-order valence-electron chi connectivity index (χ4n) is 3.00. The molecule has 0 spiro atoms. The Kier molecular flexibility index (Phi) is 5.69. The van der Waals surface area contributed by atoms with Crippen molar-refractivity contribution in [2.75, 3.05) is 13.1 Å². The summed E-state index contributed by atoms with van der Waals surface area (Å²) in [4.78, 5) is 29.3. The summed E-state index contributed by atoms with van der Waals surface area (Å²) in [6, 6.07) is 7.35. The van der Waals surface area contributed by atoms with Crippen LogP contribution in [0.5, 0.6) is 5.75 Å². The van der Waals surface area contributed by atoms with Crippen molar-refractivity contribution in [1.29, 1.82) is 0 Å². The molecule has 0 bridgehead atoms. The number of pyridine rings is 1. The van der Waals surface area contributed by atoms with Gasteiger partial charge in [-0.2, -0.15) is 0 Å². The number of amides is 1. The Balaban J connectivity index is 1.70. The molecule has 144 valence electrons. The molecule has 0 atom stereocenters. The van der Waals surface area contributed by atoms with Crippen LogP contribution in [0.3, 0.4) is 0 Å². The van der Waals surface area contributed by atoms with E-state index in [2.05, 4.69) is 20.9 Å². The lowest BCUT2D eigenvalue weighted by atomic mass is 10.1. The highest BCUT2D eigenvalue weighted by Crippen LogP contribution is 2.31. The van der Waals surface area contributed by atoms with E-state index in [-0.39, 0.29) is 12.2 Å². The van der Waals surface area contributed by atoms with Crippen LogP contribution in [0, 0.1) is 0 Å². The Hall–Kier alpha value is -2.15. The first-order chi connectivity index (χ1) is 12.7. The first kappa shape index (κ1) is 19.6. The molecule has 7 heteroatoms. The Bertz CT molecular complexity index is 855. The average Bonchev–Trinajstić information content (AvgIpc) is 2.60. The number of likely N-dealkylation sites (tertiary alicyclic amines) is 1. The number of halogens is 1. The number of carbonyl (C=O) groups excluding carboxylic acids is 2. The quantitative estimate of drug-likeness (QED) is 0.660. The van der Waals surface area contributed by atoms with Crippen molar-refractivity contribution in [3.63, 3.8) is 0 Å². The van der Waals surface area contributed by atoms with Crippen molar-refractivity contribution in [2.24, 2.45) is 0 Å². The van der Waals surface area contributed by atoms with Crippen molar-refractivity contribution in [3.8, 4) is 5.75 Å². The van der Waals surface area contributed by atoms with Gasteiger partial charge in [0.1, 0.15) is 28.7 Å². The maximum atomic E-state index is 12.2. The molecular formula is C20H23BrN2O4. The van der Waals surface area contributed by atoms with Crippen LogP contribution in [-0.2, 0) is 4.74 Å². The zero-order valence-electron chi connectivity index (χ0n) is 15.7. The SMILES string of the molecule is CC(C)(C)OC(=O)N1CCC(Oc2cc(Br)cc3ccc(C=O)nc23)CC1. The van der Waals surface area contributed by atoms with Crippen LogP contribution in [0.25, 0.3) is 10.9 Å². The molecule has 0 N–H and O–H groups in total. The first-order valence-electron chi connectivity index (χ1n) is 8.95. The highest BCUT2D eigenvalue weighted by atomic mass is 79.9. The summed E-state index contributed by atoms with van der Waals surface area (Å²) in [5, 5.41) is 0.899.